The third kappa shape index (κ3) is 4.60. The molecule has 4 heteroatoms. The highest BCUT2D eigenvalue weighted by molar-refractivity contribution is 6.39. The fourth-order valence-corrected chi connectivity index (χ4v) is 0.740. The lowest BCUT2D eigenvalue weighted by Gasteiger charge is -1.99. The maximum Gasteiger partial charge on any atom is 0.175 e. The van der Waals surface area contributed by atoms with E-state index in [9.17, 15) is 9.59 Å². The van der Waals surface area contributed by atoms with Crippen LogP contribution in [0.15, 0.2) is 5.10 Å². The zero-order valence-electron chi connectivity index (χ0n) is 7.68. The van der Waals surface area contributed by atoms with Crippen molar-refractivity contribution in [3.63, 3.8) is 0 Å². The minimum atomic E-state index is -0.0920. The van der Waals surface area contributed by atoms with Crippen molar-refractivity contribution in [3.8, 4) is 0 Å². The van der Waals surface area contributed by atoms with Crippen LogP contribution >= 0.6 is 0 Å². The van der Waals surface area contributed by atoms with Crippen molar-refractivity contribution < 1.29 is 9.59 Å². The lowest BCUT2D eigenvalue weighted by molar-refractivity contribution is -0.116. The highest BCUT2D eigenvalue weighted by atomic mass is 16.1. The van der Waals surface area contributed by atoms with Crippen LogP contribution < -0.4 is 5.43 Å². The van der Waals surface area contributed by atoms with Gasteiger partial charge < -0.3 is 10.2 Å². The summed E-state index contributed by atoms with van der Waals surface area (Å²) in [7, 11) is 1.62. The number of hydrazone groups is 1. The Morgan fingerprint density at radius 3 is 2.17 bits per heavy atom. The first-order valence-corrected chi connectivity index (χ1v) is 3.81. The number of hydrogen-bond donors (Lipinski definition) is 1. The monoisotopic (exact) mass is 170 g/mol. The average Bonchev–Trinajstić information content (AvgIpc) is 1.96. The molecule has 0 spiro atoms. The number of nitrogens with one attached hydrogen (secondary N) is 1. The van der Waals surface area contributed by atoms with E-state index < -0.39 is 0 Å². The van der Waals surface area contributed by atoms with E-state index in [-0.39, 0.29) is 11.6 Å². The third-order valence-electron chi connectivity index (χ3n) is 1.37. The number of carbonyl (C=O) groups excluding carboxylic acids is 2. The molecule has 12 heavy (non-hydrogen) atoms. The van der Waals surface area contributed by atoms with Gasteiger partial charge in [0, 0.05) is 26.8 Å². The van der Waals surface area contributed by atoms with Gasteiger partial charge in [0.1, 0.15) is 11.5 Å². The number of Topliss-reactive ketones (excluding diaryl/α,β-unsaturated/α-hetero) is 2. The Bertz CT molecular complexity index is 209. The molecule has 0 fully saturated rings. The van der Waals surface area contributed by atoms with Crippen molar-refractivity contribution in [2.75, 3.05) is 7.05 Å². The quantitative estimate of drug-likeness (QED) is 0.483. The molecule has 0 unspecified atom stereocenters. The SMILES string of the molecule is CN/N=C(/CCC(C)=O)C(C)=O. The molecule has 0 saturated heterocycles. The maximum atomic E-state index is 10.9. The van der Waals surface area contributed by atoms with Crippen LogP contribution in [0, 0.1) is 0 Å². The summed E-state index contributed by atoms with van der Waals surface area (Å²) < 4.78 is 0. The molecule has 68 valence electrons. The average molecular weight is 170 g/mol. The lowest BCUT2D eigenvalue weighted by atomic mass is 10.1. The van der Waals surface area contributed by atoms with Crippen LogP contribution in [0.25, 0.3) is 0 Å². The molecule has 0 aliphatic heterocycles. The Hall–Kier alpha value is -1.19. The van der Waals surface area contributed by atoms with Gasteiger partial charge in [-0.3, -0.25) is 4.79 Å². The van der Waals surface area contributed by atoms with Crippen molar-refractivity contribution in [2.45, 2.75) is 26.7 Å². The molecule has 0 heterocycles. The Morgan fingerprint density at radius 2 is 1.83 bits per heavy atom. The fourth-order valence-electron chi connectivity index (χ4n) is 0.740. The molecule has 0 rings (SSSR count). The Kier molecular flexibility index (Phi) is 4.92. The molecule has 0 aromatic carbocycles. The summed E-state index contributed by atoms with van der Waals surface area (Å²) in [4.78, 5) is 21.5. The van der Waals surface area contributed by atoms with Crippen LogP contribution in [-0.2, 0) is 9.59 Å². The number of rotatable bonds is 5. The van der Waals surface area contributed by atoms with E-state index in [2.05, 4.69) is 10.5 Å². The molecule has 0 bridgehead atoms. The molecular weight excluding hydrogens is 156 g/mol. The van der Waals surface area contributed by atoms with Crippen LogP contribution in [0.2, 0.25) is 0 Å². The summed E-state index contributed by atoms with van der Waals surface area (Å²) in [6, 6.07) is 0. The highest BCUT2D eigenvalue weighted by Gasteiger charge is 2.06. The standard InChI is InChI=1S/C8H14N2O2/c1-6(11)4-5-8(7(2)12)10-9-3/h9H,4-5H2,1-3H3/b10-8-. The molecular formula is C8H14N2O2. The lowest BCUT2D eigenvalue weighted by Crippen LogP contribution is -2.15. The summed E-state index contributed by atoms with van der Waals surface area (Å²) in [6.07, 6.45) is 0.797. The first-order chi connectivity index (χ1) is 5.57. The molecule has 0 aliphatic rings. The predicted octanol–water partition coefficient (Wildman–Crippen LogP) is 0.520. The van der Waals surface area contributed by atoms with Gasteiger partial charge in [-0.15, -0.1) is 0 Å². The summed E-state index contributed by atoms with van der Waals surface area (Å²) in [6.45, 7) is 2.94. The zero-order valence-corrected chi connectivity index (χ0v) is 7.68. The first kappa shape index (κ1) is 10.8. The topological polar surface area (TPSA) is 58.5 Å². The van der Waals surface area contributed by atoms with Crippen molar-refractivity contribution >= 4 is 17.3 Å². The van der Waals surface area contributed by atoms with E-state index in [1.54, 1.807) is 7.05 Å². The normalized spacial score (nSPS) is 11.1. The van der Waals surface area contributed by atoms with Crippen molar-refractivity contribution in [2.24, 2.45) is 5.10 Å². The smallest absolute Gasteiger partial charge is 0.175 e. The first-order valence-electron chi connectivity index (χ1n) is 3.81. The molecule has 0 radical (unpaired) electrons. The van der Waals surface area contributed by atoms with Crippen molar-refractivity contribution in [1.29, 1.82) is 0 Å². The third-order valence-corrected chi connectivity index (χ3v) is 1.37. The maximum absolute atomic E-state index is 10.9. The molecule has 0 aliphatic carbocycles. The van der Waals surface area contributed by atoms with E-state index in [0.717, 1.165) is 0 Å². The van der Waals surface area contributed by atoms with Crippen molar-refractivity contribution in [1.82, 2.24) is 5.43 Å². The number of hydrogen-bond acceptors (Lipinski definition) is 4. The van der Waals surface area contributed by atoms with Crippen LogP contribution in [0.3, 0.4) is 0 Å². The summed E-state index contributed by atoms with van der Waals surface area (Å²) in [5.41, 5.74) is 2.95. The van der Waals surface area contributed by atoms with Gasteiger partial charge in [0.15, 0.2) is 5.78 Å². The molecule has 0 amide bonds. The van der Waals surface area contributed by atoms with Crippen LogP contribution in [0.5, 0.6) is 0 Å². The second-order valence-corrected chi connectivity index (χ2v) is 2.54. The van der Waals surface area contributed by atoms with Gasteiger partial charge >= 0.3 is 0 Å². The van der Waals surface area contributed by atoms with Gasteiger partial charge in [-0.1, -0.05) is 0 Å². The number of nitrogens with zero attached hydrogens (tertiary/aromatic N) is 1. The van der Waals surface area contributed by atoms with Gasteiger partial charge in [-0.2, -0.15) is 5.10 Å². The Balaban J connectivity index is 4.06. The van der Waals surface area contributed by atoms with Gasteiger partial charge in [-0.05, 0) is 6.92 Å². The number of carbonyl (C=O) groups is 2. The molecule has 1 N–H and O–H groups in total. The van der Waals surface area contributed by atoms with Gasteiger partial charge in [0.05, 0.1) is 0 Å². The molecule has 4 nitrogen and oxygen atoms in total. The molecule has 0 saturated carbocycles. The van der Waals surface area contributed by atoms with E-state index in [1.807, 2.05) is 0 Å². The minimum Gasteiger partial charge on any atom is -0.313 e. The minimum absolute atomic E-state index is 0.0695. The van der Waals surface area contributed by atoms with Crippen molar-refractivity contribution in [3.05, 3.63) is 0 Å². The summed E-state index contributed by atoms with van der Waals surface area (Å²) in [5.74, 6) is -0.0225. The van der Waals surface area contributed by atoms with Gasteiger partial charge in [0.2, 0.25) is 0 Å². The molecule has 0 aromatic heterocycles. The van der Waals surface area contributed by atoms with E-state index in [4.69, 9.17) is 0 Å². The molecule has 0 atom stereocenters. The highest BCUT2D eigenvalue weighted by Crippen LogP contribution is 1.95. The van der Waals surface area contributed by atoms with Crippen LogP contribution in [-0.4, -0.2) is 24.3 Å². The van der Waals surface area contributed by atoms with E-state index >= 15 is 0 Å². The zero-order chi connectivity index (χ0) is 9.56. The Labute approximate surface area is 72.0 Å². The predicted molar refractivity (Wildman–Crippen MR) is 47.1 cm³/mol. The van der Waals surface area contributed by atoms with E-state index in [0.29, 0.717) is 18.6 Å². The summed E-state index contributed by atoms with van der Waals surface area (Å²) in [5, 5.41) is 3.76. The second-order valence-electron chi connectivity index (χ2n) is 2.54. The Morgan fingerprint density at radius 1 is 1.25 bits per heavy atom. The van der Waals surface area contributed by atoms with Gasteiger partial charge in [-0.25, -0.2) is 0 Å². The second kappa shape index (κ2) is 5.46. The van der Waals surface area contributed by atoms with Gasteiger partial charge in [0.25, 0.3) is 0 Å². The van der Waals surface area contributed by atoms with Crippen LogP contribution in [0.4, 0.5) is 0 Å². The van der Waals surface area contributed by atoms with E-state index in [1.165, 1.54) is 13.8 Å². The fraction of sp³-hybridized carbons (Fsp3) is 0.625. The largest absolute Gasteiger partial charge is 0.313 e. The summed E-state index contributed by atoms with van der Waals surface area (Å²) >= 11 is 0. The van der Waals surface area contributed by atoms with Crippen LogP contribution in [0.1, 0.15) is 26.7 Å². The number of ketones is 2. The molecule has 0 aromatic rings.